The highest BCUT2D eigenvalue weighted by Gasteiger charge is 2.77. The van der Waals surface area contributed by atoms with E-state index >= 15 is 0 Å². The number of aliphatic hydroxyl groups is 1. The Bertz CT molecular complexity index is 867. The van der Waals surface area contributed by atoms with Crippen molar-refractivity contribution in [3.8, 4) is 0 Å². The predicted molar refractivity (Wildman–Crippen MR) is 114 cm³/mol. The Kier molecular flexibility index (Phi) is 6.11. The summed E-state index contributed by atoms with van der Waals surface area (Å²) >= 11 is 3.59. The molecule has 3 unspecified atom stereocenters. The lowest BCUT2D eigenvalue weighted by Gasteiger charge is -2.35. The van der Waals surface area contributed by atoms with E-state index in [2.05, 4.69) is 21.2 Å². The van der Waals surface area contributed by atoms with Gasteiger partial charge in [-0.2, -0.15) is 0 Å². The minimum absolute atomic E-state index is 0.181. The lowest BCUT2D eigenvalue weighted by Crippen LogP contribution is -2.57. The second-order valence-electron chi connectivity index (χ2n) is 8.40. The summed E-state index contributed by atoms with van der Waals surface area (Å²) in [5.74, 6) is -2.79. The Morgan fingerprint density at radius 3 is 2.74 bits per heavy atom. The molecule has 1 spiro atoms. The van der Waals surface area contributed by atoms with E-state index < -0.39 is 41.6 Å². The number of amides is 2. The van der Waals surface area contributed by atoms with Gasteiger partial charge in [0, 0.05) is 11.4 Å². The molecule has 7 atom stereocenters. The minimum Gasteiger partial charge on any atom is -0.466 e. The van der Waals surface area contributed by atoms with E-state index in [0.29, 0.717) is 13.0 Å². The topological polar surface area (TPSA) is 105 Å². The standard InChI is InChI=1S/C22H27BrN2O6/c1-3-30-21(29)15-16-20(28)25(12(2)11-26)18(22(16)9-14(23)17(15)31-22)19(27)24-10-13-7-5-4-6-8-13/h4-8,12,14-18,26H,3,9-11H2,1-2H3,(H,24,27)/t12-,14?,15-,16+,17-,18?,22?/m1/s1. The van der Waals surface area contributed by atoms with Crippen LogP contribution in [0.3, 0.4) is 0 Å². The number of aliphatic hydroxyl groups excluding tert-OH is 1. The molecule has 0 aromatic heterocycles. The van der Waals surface area contributed by atoms with Gasteiger partial charge in [0.05, 0.1) is 37.2 Å². The fourth-order valence-corrected chi connectivity index (χ4v) is 6.26. The third-order valence-electron chi connectivity index (χ3n) is 6.58. The van der Waals surface area contributed by atoms with Crippen LogP contribution in [0.25, 0.3) is 0 Å². The van der Waals surface area contributed by atoms with Crippen molar-refractivity contribution in [1.82, 2.24) is 10.2 Å². The number of hydrogen-bond donors (Lipinski definition) is 2. The number of nitrogens with zero attached hydrogens (tertiary/aromatic N) is 1. The highest BCUT2D eigenvalue weighted by Crippen LogP contribution is 2.60. The zero-order chi connectivity index (χ0) is 22.3. The zero-order valence-corrected chi connectivity index (χ0v) is 19.1. The van der Waals surface area contributed by atoms with Crippen LogP contribution in [0, 0.1) is 11.8 Å². The van der Waals surface area contributed by atoms with Crippen molar-refractivity contribution in [3.05, 3.63) is 35.9 Å². The van der Waals surface area contributed by atoms with Crippen LogP contribution in [0.5, 0.6) is 0 Å². The van der Waals surface area contributed by atoms with Gasteiger partial charge < -0.3 is 24.8 Å². The molecule has 3 fully saturated rings. The molecule has 3 saturated heterocycles. The Morgan fingerprint density at radius 1 is 1.39 bits per heavy atom. The summed E-state index contributed by atoms with van der Waals surface area (Å²) in [6.45, 7) is 3.59. The summed E-state index contributed by atoms with van der Waals surface area (Å²) in [6.07, 6.45) is -0.119. The van der Waals surface area contributed by atoms with E-state index in [0.717, 1.165) is 5.56 Å². The van der Waals surface area contributed by atoms with E-state index in [1.165, 1.54) is 4.90 Å². The SMILES string of the molecule is CCOC(=O)[C@H]1[C@@H]2OC3(CC2Br)C(C(=O)NCc2ccccc2)N([C@H](C)CO)C(=O)[C@H]13. The second kappa shape index (κ2) is 8.52. The number of carbonyl (C=O) groups excluding carboxylic acids is 3. The second-order valence-corrected chi connectivity index (χ2v) is 9.57. The first kappa shape index (κ1) is 22.2. The van der Waals surface area contributed by atoms with Crippen molar-refractivity contribution < 1.29 is 29.0 Å². The number of esters is 1. The quantitative estimate of drug-likeness (QED) is 0.432. The zero-order valence-electron chi connectivity index (χ0n) is 17.5. The molecule has 8 nitrogen and oxygen atoms in total. The molecule has 3 aliphatic rings. The van der Waals surface area contributed by atoms with Crippen LogP contribution >= 0.6 is 15.9 Å². The fourth-order valence-electron chi connectivity index (χ4n) is 5.32. The summed E-state index contributed by atoms with van der Waals surface area (Å²) in [5, 5.41) is 12.7. The third kappa shape index (κ3) is 3.47. The van der Waals surface area contributed by atoms with Crippen LogP contribution in [0.2, 0.25) is 0 Å². The number of halogens is 1. The Hall–Kier alpha value is -1.97. The van der Waals surface area contributed by atoms with E-state index in [-0.39, 0.29) is 29.9 Å². The highest BCUT2D eigenvalue weighted by atomic mass is 79.9. The predicted octanol–water partition coefficient (Wildman–Crippen LogP) is 0.995. The Morgan fingerprint density at radius 2 is 2.10 bits per heavy atom. The third-order valence-corrected chi connectivity index (χ3v) is 7.43. The van der Waals surface area contributed by atoms with Gasteiger partial charge in [-0.15, -0.1) is 0 Å². The first-order chi connectivity index (χ1) is 14.9. The van der Waals surface area contributed by atoms with Gasteiger partial charge in [-0.05, 0) is 25.8 Å². The minimum atomic E-state index is -1.14. The van der Waals surface area contributed by atoms with Crippen molar-refractivity contribution in [2.24, 2.45) is 11.8 Å². The van der Waals surface area contributed by atoms with Crippen LogP contribution in [0.1, 0.15) is 25.8 Å². The van der Waals surface area contributed by atoms with E-state index in [1.54, 1.807) is 13.8 Å². The number of hydrogen-bond acceptors (Lipinski definition) is 6. The molecule has 9 heteroatoms. The maximum absolute atomic E-state index is 13.5. The summed E-state index contributed by atoms with van der Waals surface area (Å²) in [7, 11) is 0. The molecule has 168 valence electrons. The molecule has 3 heterocycles. The van der Waals surface area contributed by atoms with Crippen molar-refractivity contribution in [1.29, 1.82) is 0 Å². The van der Waals surface area contributed by atoms with Crippen LogP contribution in [0.15, 0.2) is 30.3 Å². The van der Waals surface area contributed by atoms with Gasteiger partial charge in [-0.25, -0.2) is 0 Å². The molecule has 2 N–H and O–H groups in total. The van der Waals surface area contributed by atoms with Crippen molar-refractivity contribution >= 4 is 33.7 Å². The fraction of sp³-hybridized carbons (Fsp3) is 0.591. The van der Waals surface area contributed by atoms with Gasteiger partial charge >= 0.3 is 5.97 Å². The summed E-state index contributed by atoms with van der Waals surface area (Å²) in [4.78, 5) is 40.9. The molecule has 4 rings (SSSR count). The molecule has 1 aromatic carbocycles. The molecule has 2 amide bonds. The van der Waals surface area contributed by atoms with Crippen LogP contribution < -0.4 is 5.32 Å². The molecule has 3 aliphatic heterocycles. The number of ether oxygens (including phenoxy) is 2. The van der Waals surface area contributed by atoms with Gasteiger partial charge in [0.2, 0.25) is 11.8 Å². The molecular weight excluding hydrogens is 468 g/mol. The summed E-state index contributed by atoms with van der Waals surface area (Å²) < 4.78 is 11.5. The lowest BCUT2D eigenvalue weighted by molar-refractivity contribution is -0.155. The number of carbonyl (C=O) groups is 3. The molecule has 2 bridgehead atoms. The first-order valence-electron chi connectivity index (χ1n) is 10.6. The molecule has 0 saturated carbocycles. The smallest absolute Gasteiger partial charge is 0.312 e. The molecule has 0 aliphatic carbocycles. The molecule has 31 heavy (non-hydrogen) atoms. The summed E-state index contributed by atoms with van der Waals surface area (Å²) in [6, 6.07) is 7.93. The average Bonchev–Trinajstić information content (AvgIpc) is 3.36. The van der Waals surface area contributed by atoms with Crippen LogP contribution in [0.4, 0.5) is 0 Å². The number of benzene rings is 1. The van der Waals surface area contributed by atoms with Gasteiger partial charge in [-0.3, -0.25) is 14.4 Å². The number of rotatable bonds is 7. The normalized spacial score (nSPS) is 34.5. The van der Waals surface area contributed by atoms with Crippen molar-refractivity contribution in [2.75, 3.05) is 13.2 Å². The number of likely N-dealkylation sites (tertiary alicyclic amines) is 1. The van der Waals surface area contributed by atoms with Crippen molar-refractivity contribution in [2.45, 2.75) is 55.4 Å². The van der Waals surface area contributed by atoms with E-state index in [9.17, 15) is 19.5 Å². The van der Waals surface area contributed by atoms with Gasteiger partial charge in [-0.1, -0.05) is 46.3 Å². The molecule has 1 aromatic rings. The molecular formula is C22H27BrN2O6. The first-order valence-corrected chi connectivity index (χ1v) is 11.5. The highest BCUT2D eigenvalue weighted by molar-refractivity contribution is 9.09. The van der Waals surface area contributed by atoms with E-state index in [4.69, 9.17) is 9.47 Å². The van der Waals surface area contributed by atoms with Gasteiger partial charge in [0.1, 0.15) is 11.6 Å². The largest absolute Gasteiger partial charge is 0.466 e. The summed E-state index contributed by atoms with van der Waals surface area (Å²) in [5.41, 5.74) is -0.215. The number of nitrogens with one attached hydrogen (secondary N) is 1. The van der Waals surface area contributed by atoms with Crippen LogP contribution in [-0.4, -0.2) is 69.6 Å². The number of alkyl halides is 1. The maximum Gasteiger partial charge on any atom is 0.312 e. The van der Waals surface area contributed by atoms with Crippen LogP contribution in [-0.2, 0) is 30.4 Å². The van der Waals surface area contributed by atoms with E-state index in [1.807, 2.05) is 30.3 Å². The Balaban J connectivity index is 1.68. The number of fused-ring (bicyclic) bond motifs is 1. The van der Waals surface area contributed by atoms with Crippen molar-refractivity contribution in [3.63, 3.8) is 0 Å². The maximum atomic E-state index is 13.5. The van der Waals surface area contributed by atoms with Gasteiger partial charge in [0.25, 0.3) is 0 Å². The Labute approximate surface area is 189 Å². The average molecular weight is 495 g/mol. The lowest BCUT2D eigenvalue weighted by atomic mass is 9.70. The molecule has 0 radical (unpaired) electrons. The van der Waals surface area contributed by atoms with Gasteiger partial charge in [0.15, 0.2) is 0 Å². The monoisotopic (exact) mass is 494 g/mol.